The maximum Gasteiger partial charge on any atom is 0.494 e. The summed E-state index contributed by atoms with van der Waals surface area (Å²) in [6, 6.07) is 11.1. The van der Waals surface area contributed by atoms with Gasteiger partial charge in [0.25, 0.3) is 5.91 Å². The standard InChI is InChI=1S/C19H23BN2O3/c1-13-9-10-14(12-21-13)17(23)22-16-8-6-7-15(11-16)20-24-18(2,3)19(4,5)25-20/h6-12H,1-5H3,(H,22,23). The van der Waals surface area contributed by atoms with E-state index >= 15 is 0 Å². The molecule has 1 aliphatic rings. The lowest BCUT2D eigenvalue weighted by Crippen LogP contribution is -2.41. The Morgan fingerprint density at radius 1 is 1.08 bits per heavy atom. The minimum absolute atomic E-state index is 0.196. The third-order valence-corrected chi connectivity index (χ3v) is 4.84. The van der Waals surface area contributed by atoms with E-state index in [2.05, 4.69) is 10.3 Å². The molecule has 1 aliphatic heterocycles. The molecule has 1 N–H and O–H groups in total. The fraction of sp³-hybridized carbons (Fsp3) is 0.368. The molecular formula is C19H23BN2O3. The summed E-state index contributed by atoms with van der Waals surface area (Å²) in [6.07, 6.45) is 1.57. The van der Waals surface area contributed by atoms with E-state index < -0.39 is 18.3 Å². The van der Waals surface area contributed by atoms with Gasteiger partial charge in [-0.2, -0.15) is 0 Å². The second-order valence-electron chi connectivity index (χ2n) is 7.36. The highest BCUT2D eigenvalue weighted by Gasteiger charge is 2.51. The monoisotopic (exact) mass is 338 g/mol. The van der Waals surface area contributed by atoms with Crippen LogP contribution in [0.15, 0.2) is 42.6 Å². The molecule has 0 aliphatic carbocycles. The molecule has 1 amide bonds. The molecule has 130 valence electrons. The van der Waals surface area contributed by atoms with Crippen LogP contribution in [-0.2, 0) is 9.31 Å². The van der Waals surface area contributed by atoms with E-state index in [0.29, 0.717) is 11.3 Å². The summed E-state index contributed by atoms with van der Waals surface area (Å²) in [7, 11) is -0.456. The third-order valence-electron chi connectivity index (χ3n) is 4.84. The molecule has 1 aromatic heterocycles. The number of aryl methyl sites for hydroxylation is 1. The summed E-state index contributed by atoms with van der Waals surface area (Å²) in [5, 5.41) is 2.89. The van der Waals surface area contributed by atoms with Gasteiger partial charge in [0.2, 0.25) is 0 Å². The normalized spacial score (nSPS) is 18.2. The average Bonchev–Trinajstić information content (AvgIpc) is 2.76. The maximum absolute atomic E-state index is 12.4. The Morgan fingerprint density at radius 2 is 1.76 bits per heavy atom. The third kappa shape index (κ3) is 3.60. The predicted octanol–water partition coefficient (Wildman–Crippen LogP) is 2.94. The zero-order valence-corrected chi connectivity index (χ0v) is 15.3. The Bertz CT molecular complexity index is 772. The first-order chi connectivity index (χ1) is 11.7. The molecule has 2 heterocycles. The van der Waals surface area contributed by atoms with E-state index in [9.17, 15) is 4.79 Å². The first kappa shape index (κ1) is 17.6. The molecule has 5 nitrogen and oxygen atoms in total. The van der Waals surface area contributed by atoms with Crippen LogP contribution < -0.4 is 10.8 Å². The fourth-order valence-electron chi connectivity index (χ4n) is 2.55. The molecule has 0 atom stereocenters. The van der Waals surface area contributed by atoms with Crippen LogP contribution in [0.5, 0.6) is 0 Å². The minimum atomic E-state index is -0.456. The van der Waals surface area contributed by atoms with Gasteiger partial charge >= 0.3 is 7.12 Å². The summed E-state index contributed by atoms with van der Waals surface area (Å²) in [5.74, 6) is -0.196. The Labute approximate surface area is 148 Å². The van der Waals surface area contributed by atoms with Crippen LogP contribution >= 0.6 is 0 Å². The first-order valence-electron chi connectivity index (χ1n) is 8.37. The number of carbonyl (C=O) groups is 1. The molecule has 0 radical (unpaired) electrons. The van der Waals surface area contributed by atoms with E-state index in [1.165, 1.54) is 0 Å². The van der Waals surface area contributed by atoms with Crippen molar-refractivity contribution in [3.63, 3.8) is 0 Å². The molecule has 3 rings (SSSR count). The van der Waals surface area contributed by atoms with Crippen molar-refractivity contribution in [2.75, 3.05) is 5.32 Å². The van der Waals surface area contributed by atoms with Crippen molar-refractivity contribution < 1.29 is 14.1 Å². The second kappa shape index (κ2) is 6.28. The number of benzene rings is 1. The van der Waals surface area contributed by atoms with Crippen molar-refractivity contribution in [3.05, 3.63) is 53.9 Å². The molecule has 25 heavy (non-hydrogen) atoms. The second-order valence-corrected chi connectivity index (χ2v) is 7.36. The Morgan fingerprint density at radius 3 is 2.36 bits per heavy atom. The lowest BCUT2D eigenvalue weighted by atomic mass is 9.79. The predicted molar refractivity (Wildman–Crippen MR) is 99.1 cm³/mol. The van der Waals surface area contributed by atoms with Gasteiger partial charge in [-0.1, -0.05) is 12.1 Å². The number of hydrogen-bond donors (Lipinski definition) is 1. The quantitative estimate of drug-likeness (QED) is 0.874. The van der Waals surface area contributed by atoms with Crippen LogP contribution in [0.1, 0.15) is 43.7 Å². The van der Waals surface area contributed by atoms with E-state index in [-0.39, 0.29) is 5.91 Å². The zero-order chi connectivity index (χ0) is 18.2. The van der Waals surface area contributed by atoms with E-state index in [1.54, 1.807) is 12.3 Å². The van der Waals surface area contributed by atoms with Crippen molar-refractivity contribution >= 4 is 24.2 Å². The number of aromatic nitrogens is 1. The van der Waals surface area contributed by atoms with Crippen molar-refractivity contribution in [1.82, 2.24) is 4.98 Å². The Balaban J connectivity index is 1.76. The molecule has 0 bridgehead atoms. The highest BCUT2D eigenvalue weighted by Crippen LogP contribution is 2.36. The van der Waals surface area contributed by atoms with E-state index in [4.69, 9.17) is 9.31 Å². The molecule has 2 aromatic rings. The lowest BCUT2D eigenvalue weighted by molar-refractivity contribution is 0.00578. The topological polar surface area (TPSA) is 60.5 Å². The van der Waals surface area contributed by atoms with Gasteiger partial charge in [-0.3, -0.25) is 9.78 Å². The number of hydrogen-bond acceptors (Lipinski definition) is 4. The SMILES string of the molecule is Cc1ccc(C(=O)Nc2cccc(B3OC(C)(C)C(C)(C)O3)c2)cn1. The van der Waals surface area contributed by atoms with Crippen LogP contribution in [0.3, 0.4) is 0 Å². The lowest BCUT2D eigenvalue weighted by Gasteiger charge is -2.32. The highest BCUT2D eigenvalue weighted by molar-refractivity contribution is 6.62. The average molecular weight is 338 g/mol. The summed E-state index contributed by atoms with van der Waals surface area (Å²) < 4.78 is 12.1. The van der Waals surface area contributed by atoms with Gasteiger partial charge in [0.05, 0.1) is 16.8 Å². The molecule has 1 aromatic carbocycles. The van der Waals surface area contributed by atoms with Crippen molar-refractivity contribution in [2.45, 2.75) is 45.8 Å². The molecule has 1 fully saturated rings. The van der Waals surface area contributed by atoms with E-state index in [1.807, 2.05) is 65.0 Å². The summed E-state index contributed by atoms with van der Waals surface area (Å²) in [6.45, 7) is 9.95. The van der Waals surface area contributed by atoms with Gasteiger partial charge in [0.1, 0.15) is 0 Å². The summed E-state index contributed by atoms with van der Waals surface area (Å²) in [4.78, 5) is 16.5. The van der Waals surface area contributed by atoms with Gasteiger partial charge in [0.15, 0.2) is 0 Å². The van der Waals surface area contributed by atoms with Crippen molar-refractivity contribution in [3.8, 4) is 0 Å². The van der Waals surface area contributed by atoms with Crippen LogP contribution in [0.25, 0.3) is 0 Å². The highest BCUT2D eigenvalue weighted by atomic mass is 16.7. The van der Waals surface area contributed by atoms with Gasteiger partial charge in [0, 0.05) is 17.6 Å². The van der Waals surface area contributed by atoms with Crippen LogP contribution in [-0.4, -0.2) is 29.2 Å². The Hall–Kier alpha value is -2.18. The number of rotatable bonds is 3. The van der Waals surface area contributed by atoms with Gasteiger partial charge < -0.3 is 14.6 Å². The smallest absolute Gasteiger partial charge is 0.399 e. The van der Waals surface area contributed by atoms with Crippen LogP contribution in [0.4, 0.5) is 5.69 Å². The molecule has 0 unspecified atom stereocenters. The van der Waals surface area contributed by atoms with Crippen LogP contribution in [0.2, 0.25) is 0 Å². The van der Waals surface area contributed by atoms with Crippen molar-refractivity contribution in [2.24, 2.45) is 0 Å². The van der Waals surface area contributed by atoms with Crippen molar-refractivity contribution in [1.29, 1.82) is 0 Å². The molecule has 1 saturated heterocycles. The largest absolute Gasteiger partial charge is 0.494 e. The summed E-state index contributed by atoms with van der Waals surface area (Å²) >= 11 is 0. The molecular weight excluding hydrogens is 315 g/mol. The van der Waals surface area contributed by atoms with Gasteiger partial charge in [-0.25, -0.2) is 0 Å². The Kier molecular flexibility index (Phi) is 4.43. The minimum Gasteiger partial charge on any atom is -0.399 e. The number of amides is 1. The van der Waals surface area contributed by atoms with Gasteiger partial charge in [-0.15, -0.1) is 0 Å². The molecule has 6 heteroatoms. The van der Waals surface area contributed by atoms with Crippen LogP contribution in [0, 0.1) is 6.92 Å². The summed E-state index contributed by atoms with van der Waals surface area (Å²) in [5.41, 5.74) is 2.16. The molecule has 0 spiro atoms. The number of nitrogens with zero attached hydrogens (tertiary/aromatic N) is 1. The maximum atomic E-state index is 12.4. The van der Waals surface area contributed by atoms with Gasteiger partial charge in [-0.05, 0) is 64.3 Å². The zero-order valence-electron chi connectivity index (χ0n) is 15.3. The number of carbonyl (C=O) groups excluding carboxylic acids is 1. The number of nitrogens with one attached hydrogen (secondary N) is 1. The first-order valence-corrected chi connectivity index (χ1v) is 8.37. The molecule has 0 saturated carbocycles. The fourth-order valence-corrected chi connectivity index (χ4v) is 2.55. The number of pyridine rings is 1. The number of anilines is 1. The van der Waals surface area contributed by atoms with E-state index in [0.717, 1.165) is 11.2 Å².